The molecule has 2 aliphatic heterocycles. The lowest BCUT2D eigenvalue weighted by molar-refractivity contribution is -0.192. The molecular formula is C21H29F3N2O4. The fourth-order valence-corrected chi connectivity index (χ4v) is 4.33. The number of carboxylic acid groups (broad SMARTS) is 1. The molecule has 0 radical (unpaired) electrons. The Labute approximate surface area is 174 Å². The number of amides is 1. The number of rotatable bonds is 4. The Hall–Kier alpha value is -2.13. The number of hydrogen-bond acceptors (Lipinski definition) is 4. The van der Waals surface area contributed by atoms with Gasteiger partial charge in [0.15, 0.2) is 0 Å². The summed E-state index contributed by atoms with van der Waals surface area (Å²) in [5.74, 6) is -2.04. The predicted octanol–water partition coefficient (Wildman–Crippen LogP) is 3.06. The SMILES string of the molecule is CCN1C[C@@H](COC)[C@]2(CCN(C(=O)c3ccccc3C)C2)C1.O=C(O)C(F)(F)F. The zero-order valence-electron chi connectivity index (χ0n) is 17.5. The minimum absolute atomic E-state index is 0.186. The maximum Gasteiger partial charge on any atom is 0.490 e. The second kappa shape index (κ2) is 9.78. The van der Waals surface area contributed by atoms with Crippen molar-refractivity contribution in [1.29, 1.82) is 0 Å². The van der Waals surface area contributed by atoms with Crippen molar-refractivity contribution < 1.29 is 32.6 Å². The molecule has 168 valence electrons. The molecule has 3 rings (SSSR count). The summed E-state index contributed by atoms with van der Waals surface area (Å²) in [6, 6.07) is 7.90. The number of likely N-dealkylation sites (tertiary alicyclic amines) is 2. The number of halogens is 3. The normalized spacial score (nSPS) is 24.1. The number of aryl methyl sites for hydroxylation is 1. The van der Waals surface area contributed by atoms with Gasteiger partial charge in [0, 0.05) is 50.2 Å². The number of carbonyl (C=O) groups excluding carboxylic acids is 1. The first-order valence-corrected chi connectivity index (χ1v) is 9.90. The number of hydrogen-bond donors (Lipinski definition) is 1. The molecular weight excluding hydrogens is 401 g/mol. The molecule has 9 heteroatoms. The maximum absolute atomic E-state index is 12.9. The van der Waals surface area contributed by atoms with Gasteiger partial charge in [-0.15, -0.1) is 0 Å². The zero-order chi connectivity index (χ0) is 22.5. The molecule has 0 aliphatic carbocycles. The van der Waals surface area contributed by atoms with E-state index in [0.29, 0.717) is 5.92 Å². The lowest BCUT2D eigenvalue weighted by Crippen LogP contribution is -2.38. The van der Waals surface area contributed by atoms with Gasteiger partial charge in [-0.2, -0.15) is 13.2 Å². The first kappa shape index (κ1) is 24.1. The Morgan fingerprint density at radius 3 is 2.43 bits per heavy atom. The summed E-state index contributed by atoms with van der Waals surface area (Å²) in [4.78, 5) is 26.4. The zero-order valence-corrected chi connectivity index (χ0v) is 17.5. The van der Waals surface area contributed by atoms with Crippen LogP contribution in [0.4, 0.5) is 13.2 Å². The number of carbonyl (C=O) groups is 2. The Kier molecular flexibility index (Phi) is 7.87. The Morgan fingerprint density at radius 1 is 1.27 bits per heavy atom. The molecule has 2 aliphatic rings. The van der Waals surface area contributed by atoms with E-state index >= 15 is 0 Å². The highest BCUT2D eigenvalue weighted by atomic mass is 19.4. The molecule has 1 amide bonds. The van der Waals surface area contributed by atoms with Gasteiger partial charge in [-0.05, 0) is 31.5 Å². The van der Waals surface area contributed by atoms with E-state index in [1.807, 2.05) is 31.2 Å². The number of benzene rings is 1. The van der Waals surface area contributed by atoms with Crippen molar-refractivity contribution in [3.05, 3.63) is 35.4 Å². The number of nitrogens with zero attached hydrogens (tertiary/aromatic N) is 2. The first-order chi connectivity index (χ1) is 14.0. The van der Waals surface area contributed by atoms with Gasteiger partial charge in [-0.3, -0.25) is 4.79 Å². The van der Waals surface area contributed by atoms with Gasteiger partial charge in [0.2, 0.25) is 0 Å². The van der Waals surface area contributed by atoms with Gasteiger partial charge in [-0.25, -0.2) is 4.79 Å². The molecule has 1 N–H and O–H groups in total. The van der Waals surface area contributed by atoms with E-state index in [4.69, 9.17) is 14.6 Å². The fourth-order valence-electron chi connectivity index (χ4n) is 4.33. The number of methoxy groups -OCH3 is 1. The number of carboxylic acids is 1. The highest BCUT2D eigenvalue weighted by Crippen LogP contribution is 2.44. The van der Waals surface area contributed by atoms with Crippen LogP contribution in [0.25, 0.3) is 0 Å². The number of aliphatic carboxylic acids is 1. The van der Waals surface area contributed by atoms with Crippen LogP contribution in [0.2, 0.25) is 0 Å². The smallest absolute Gasteiger partial charge is 0.475 e. The van der Waals surface area contributed by atoms with E-state index in [1.165, 1.54) is 0 Å². The van der Waals surface area contributed by atoms with Crippen LogP contribution in [0.1, 0.15) is 29.3 Å². The molecule has 0 unspecified atom stereocenters. The van der Waals surface area contributed by atoms with Crippen molar-refractivity contribution in [2.24, 2.45) is 11.3 Å². The lowest BCUT2D eigenvalue weighted by Gasteiger charge is -2.30. The van der Waals surface area contributed by atoms with Crippen LogP contribution in [0.3, 0.4) is 0 Å². The van der Waals surface area contributed by atoms with Gasteiger partial charge >= 0.3 is 12.1 Å². The monoisotopic (exact) mass is 430 g/mol. The molecule has 1 aromatic carbocycles. The average molecular weight is 430 g/mol. The molecule has 2 saturated heterocycles. The molecule has 2 heterocycles. The van der Waals surface area contributed by atoms with Gasteiger partial charge in [0.25, 0.3) is 5.91 Å². The molecule has 1 spiro atoms. The van der Waals surface area contributed by atoms with Crippen molar-refractivity contribution in [3.63, 3.8) is 0 Å². The average Bonchev–Trinajstić information content (AvgIpc) is 3.26. The molecule has 0 bridgehead atoms. The summed E-state index contributed by atoms with van der Waals surface area (Å²) < 4.78 is 37.2. The highest BCUT2D eigenvalue weighted by molar-refractivity contribution is 5.95. The molecule has 2 fully saturated rings. The first-order valence-electron chi connectivity index (χ1n) is 9.90. The summed E-state index contributed by atoms with van der Waals surface area (Å²) in [5.41, 5.74) is 2.12. The summed E-state index contributed by atoms with van der Waals surface area (Å²) in [6.07, 6.45) is -3.99. The lowest BCUT2D eigenvalue weighted by atomic mass is 9.77. The second-order valence-electron chi connectivity index (χ2n) is 7.94. The summed E-state index contributed by atoms with van der Waals surface area (Å²) in [7, 11) is 1.79. The molecule has 6 nitrogen and oxygen atoms in total. The van der Waals surface area contributed by atoms with Crippen molar-refractivity contribution in [1.82, 2.24) is 9.80 Å². The van der Waals surface area contributed by atoms with Crippen molar-refractivity contribution in [2.75, 3.05) is 46.4 Å². The maximum atomic E-state index is 12.9. The Morgan fingerprint density at radius 2 is 1.90 bits per heavy atom. The van der Waals surface area contributed by atoms with Crippen LogP contribution in [0.5, 0.6) is 0 Å². The molecule has 2 atom stereocenters. The van der Waals surface area contributed by atoms with Crippen LogP contribution in [0.15, 0.2) is 24.3 Å². The van der Waals surface area contributed by atoms with Crippen LogP contribution in [-0.2, 0) is 9.53 Å². The van der Waals surface area contributed by atoms with Gasteiger partial charge in [0.05, 0.1) is 6.61 Å². The molecule has 0 saturated carbocycles. The van der Waals surface area contributed by atoms with Gasteiger partial charge in [-0.1, -0.05) is 25.1 Å². The minimum atomic E-state index is -5.08. The number of alkyl halides is 3. The van der Waals surface area contributed by atoms with E-state index in [2.05, 4.69) is 16.7 Å². The van der Waals surface area contributed by atoms with Crippen LogP contribution in [0, 0.1) is 18.3 Å². The van der Waals surface area contributed by atoms with Crippen LogP contribution < -0.4 is 0 Å². The number of ether oxygens (including phenoxy) is 1. The Balaban J connectivity index is 0.000000396. The van der Waals surface area contributed by atoms with E-state index in [0.717, 1.165) is 56.9 Å². The molecule has 1 aromatic rings. The molecule has 30 heavy (non-hydrogen) atoms. The van der Waals surface area contributed by atoms with Gasteiger partial charge in [0.1, 0.15) is 0 Å². The van der Waals surface area contributed by atoms with Gasteiger partial charge < -0.3 is 19.6 Å². The van der Waals surface area contributed by atoms with Crippen molar-refractivity contribution in [3.8, 4) is 0 Å². The largest absolute Gasteiger partial charge is 0.490 e. The van der Waals surface area contributed by atoms with Crippen molar-refractivity contribution >= 4 is 11.9 Å². The van der Waals surface area contributed by atoms with Crippen LogP contribution in [-0.4, -0.2) is 79.4 Å². The van der Waals surface area contributed by atoms with E-state index in [9.17, 15) is 18.0 Å². The molecule has 0 aromatic heterocycles. The standard InChI is InChI=1S/C19H28N2O2.C2HF3O2/c1-4-20-11-16(12-23-3)19(13-20)9-10-21(14-19)18(22)17-8-6-5-7-15(17)2;3-2(4,5)1(6)7/h5-8,16H,4,9-14H2,1-3H3;(H,6,7)/t16-,19+;/m0./s1. The van der Waals surface area contributed by atoms with E-state index < -0.39 is 12.1 Å². The third kappa shape index (κ3) is 5.51. The van der Waals surface area contributed by atoms with Crippen molar-refractivity contribution in [2.45, 2.75) is 26.4 Å². The highest BCUT2D eigenvalue weighted by Gasteiger charge is 2.50. The third-order valence-electron chi connectivity index (χ3n) is 5.99. The Bertz CT molecular complexity index is 756. The van der Waals surface area contributed by atoms with E-state index in [1.54, 1.807) is 7.11 Å². The van der Waals surface area contributed by atoms with Crippen LogP contribution >= 0.6 is 0 Å². The minimum Gasteiger partial charge on any atom is -0.475 e. The predicted molar refractivity (Wildman–Crippen MR) is 105 cm³/mol. The van der Waals surface area contributed by atoms with E-state index in [-0.39, 0.29) is 11.3 Å². The fraction of sp³-hybridized carbons (Fsp3) is 0.619. The topological polar surface area (TPSA) is 70.1 Å². The summed E-state index contributed by atoms with van der Waals surface area (Å²) in [5, 5.41) is 7.12. The quantitative estimate of drug-likeness (QED) is 0.795. The summed E-state index contributed by atoms with van der Waals surface area (Å²) in [6.45, 7) is 10.0. The summed E-state index contributed by atoms with van der Waals surface area (Å²) >= 11 is 0. The second-order valence-corrected chi connectivity index (χ2v) is 7.94. The third-order valence-corrected chi connectivity index (χ3v) is 5.99.